The van der Waals surface area contributed by atoms with Gasteiger partial charge in [0.15, 0.2) is 0 Å². The minimum absolute atomic E-state index is 0.242. The third kappa shape index (κ3) is 2.63. The molecule has 0 spiro atoms. The monoisotopic (exact) mass is 289 g/mol. The molecule has 4 nitrogen and oxygen atoms in total. The fourth-order valence-electron chi connectivity index (χ4n) is 2.83. The number of carbonyl (C=O) groups is 1. The smallest absolute Gasteiger partial charge is 0.227 e. The van der Waals surface area contributed by atoms with E-state index in [1.165, 1.54) is 16.1 Å². The number of aromatic nitrogens is 2. The van der Waals surface area contributed by atoms with Crippen LogP contribution in [0.1, 0.15) is 33.4 Å². The maximum absolute atomic E-state index is 12.3. The summed E-state index contributed by atoms with van der Waals surface area (Å²) in [5.74, 6) is 0.651. The van der Waals surface area contributed by atoms with Crippen LogP contribution in [-0.4, -0.2) is 34.1 Å². The van der Waals surface area contributed by atoms with Gasteiger partial charge in [-0.1, -0.05) is 0 Å². The molecule has 1 atom stereocenters. The molecule has 1 aliphatic rings. The molecule has 0 aromatic carbocycles. The van der Waals surface area contributed by atoms with E-state index in [4.69, 9.17) is 0 Å². The second-order valence-corrected chi connectivity index (χ2v) is 6.85. The van der Waals surface area contributed by atoms with Crippen LogP contribution in [0.25, 0.3) is 0 Å². The van der Waals surface area contributed by atoms with Crippen LogP contribution in [0.15, 0.2) is 18.3 Å². The van der Waals surface area contributed by atoms with Gasteiger partial charge in [0.1, 0.15) is 0 Å². The Balaban J connectivity index is 1.62. The van der Waals surface area contributed by atoms with E-state index in [2.05, 4.69) is 36.2 Å². The Morgan fingerprint density at radius 2 is 2.35 bits per heavy atom. The molecule has 20 heavy (non-hydrogen) atoms. The minimum Gasteiger partial charge on any atom is -0.342 e. The lowest BCUT2D eigenvalue weighted by atomic mass is 10.0. The Morgan fingerprint density at radius 1 is 1.50 bits per heavy atom. The van der Waals surface area contributed by atoms with Crippen LogP contribution in [0.3, 0.4) is 0 Å². The van der Waals surface area contributed by atoms with Crippen LogP contribution in [0, 0.1) is 13.8 Å². The van der Waals surface area contributed by atoms with Crippen LogP contribution in [-0.2, 0) is 11.2 Å². The molecule has 1 saturated heterocycles. The molecule has 3 heterocycles. The van der Waals surface area contributed by atoms with Crippen molar-refractivity contribution >= 4 is 17.2 Å². The van der Waals surface area contributed by atoms with Gasteiger partial charge in [-0.2, -0.15) is 5.10 Å². The quantitative estimate of drug-likeness (QED) is 0.944. The van der Waals surface area contributed by atoms with E-state index in [9.17, 15) is 4.79 Å². The first-order chi connectivity index (χ1) is 9.63. The predicted octanol–water partition coefficient (Wildman–Crippen LogP) is 2.65. The maximum atomic E-state index is 12.3. The highest BCUT2D eigenvalue weighted by atomic mass is 32.1. The Bertz CT molecular complexity index is 616. The van der Waals surface area contributed by atoms with E-state index in [1.54, 1.807) is 11.3 Å². The second kappa shape index (κ2) is 5.40. The number of aryl methyl sites for hydroxylation is 2. The molecule has 1 N–H and O–H groups in total. The highest BCUT2D eigenvalue weighted by Crippen LogP contribution is 2.28. The molecule has 0 radical (unpaired) electrons. The molecule has 106 valence electrons. The van der Waals surface area contributed by atoms with Crippen molar-refractivity contribution in [3.05, 3.63) is 39.3 Å². The summed E-state index contributed by atoms with van der Waals surface area (Å²) >= 11 is 1.71. The Morgan fingerprint density at radius 3 is 3.00 bits per heavy atom. The number of carbonyl (C=O) groups excluding carboxylic acids is 1. The number of hydrogen-bond acceptors (Lipinski definition) is 3. The summed E-state index contributed by atoms with van der Waals surface area (Å²) < 4.78 is 0. The van der Waals surface area contributed by atoms with Crippen LogP contribution in [0.4, 0.5) is 0 Å². The third-order valence-electron chi connectivity index (χ3n) is 3.94. The number of likely N-dealkylation sites (tertiary alicyclic amines) is 1. The standard InChI is InChI=1S/C15H19N3OS/c1-10-8-16-17-15(10)12-5-6-18(9-12)14(19)7-13-4-3-11(2)20-13/h3-4,8,12H,5-7,9H2,1-2H3,(H,16,17). The Labute approximate surface area is 122 Å². The SMILES string of the molecule is Cc1ccc(CC(=O)N2CCC(c3[nH]ncc3C)C2)s1. The number of rotatable bonds is 3. The first-order valence-corrected chi connectivity index (χ1v) is 7.78. The zero-order valence-corrected chi connectivity index (χ0v) is 12.7. The summed E-state index contributed by atoms with van der Waals surface area (Å²) in [7, 11) is 0. The van der Waals surface area contributed by atoms with Gasteiger partial charge in [0, 0.05) is 34.5 Å². The Kier molecular flexibility index (Phi) is 3.61. The van der Waals surface area contributed by atoms with Crippen molar-refractivity contribution in [2.75, 3.05) is 13.1 Å². The van der Waals surface area contributed by atoms with Gasteiger partial charge in [0.05, 0.1) is 12.6 Å². The second-order valence-electron chi connectivity index (χ2n) is 5.48. The van der Waals surface area contributed by atoms with Gasteiger partial charge in [-0.25, -0.2) is 0 Å². The van der Waals surface area contributed by atoms with E-state index < -0.39 is 0 Å². The van der Waals surface area contributed by atoms with Crippen LogP contribution in [0.2, 0.25) is 0 Å². The van der Waals surface area contributed by atoms with Crippen molar-refractivity contribution in [2.24, 2.45) is 0 Å². The van der Waals surface area contributed by atoms with E-state index >= 15 is 0 Å². The fourth-order valence-corrected chi connectivity index (χ4v) is 3.71. The summed E-state index contributed by atoms with van der Waals surface area (Å²) in [6, 6.07) is 4.14. The number of nitrogens with one attached hydrogen (secondary N) is 1. The van der Waals surface area contributed by atoms with E-state index in [-0.39, 0.29) is 5.91 Å². The molecule has 0 aliphatic carbocycles. The van der Waals surface area contributed by atoms with Crippen LogP contribution >= 0.6 is 11.3 Å². The van der Waals surface area contributed by atoms with E-state index in [1.807, 2.05) is 11.1 Å². The van der Waals surface area contributed by atoms with Gasteiger partial charge >= 0.3 is 0 Å². The van der Waals surface area contributed by atoms with Crippen LogP contribution in [0.5, 0.6) is 0 Å². The van der Waals surface area contributed by atoms with E-state index in [0.717, 1.165) is 24.4 Å². The largest absolute Gasteiger partial charge is 0.342 e. The molecule has 1 fully saturated rings. The molecule has 1 aliphatic heterocycles. The molecule has 1 unspecified atom stereocenters. The summed E-state index contributed by atoms with van der Waals surface area (Å²) in [5.41, 5.74) is 2.38. The maximum Gasteiger partial charge on any atom is 0.227 e. The lowest BCUT2D eigenvalue weighted by molar-refractivity contribution is -0.129. The van der Waals surface area contributed by atoms with Crippen molar-refractivity contribution in [1.29, 1.82) is 0 Å². The van der Waals surface area contributed by atoms with Gasteiger partial charge in [-0.3, -0.25) is 9.89 Å². The van der Waals surface area contributed by atoms with Crippen molar-refractivity contribution in [1.82, 2.24) is 15.1 Å². The molecule has 5 heteroatoms. The Hall–Kier alpha value is -1.62. The van der Waals surface area contributed by atoms with Gasteiger partial charge in [-0.05, 0) is 38.0 Å². The van der Waals surface area contributed by atoms with Crippen molar-refractivity contribution < 1.29 is 4.79 Å². The molecule has 2 aromatic heterocycles. The molecule has 0 saturated carbocycles. The van der Waals surface area contributed by atoms with Crippen LogP contribution < -0.4 is 0 Å². The summed E-state index contributed by atoms with van der Waals surface area (Å²) in [4.78, 5) is 16.7. The minimum atomic E-state index is 0.242. The number of aromatic amines is 1. The topological polar surface area (TPSA) is 49.0 Å². The van der Waals surface area contributed by atoms with Gasteiger partial charge in [0.25, 0.3) is 0 Å². The molecular weight excluding hydrogens is 270 g/mol. The number of H-pyrrole nitrogens is 1. The first kappa shape index (κ1) is 13.4. The van der Waals surface area contributed by atoms with E-state index in [0.29, 0.717) is 12.3 Å². The molecule has 2 aromatic rings. The molecule has 1 amide bonds. The number of nitrogens with zero attached hydrogens (tertiary/aromatic N) is 2. The van der Waals surface area contributed by atoms with Gasteiger partial charge in [-0.15, -0.1) is 11.3 Å². The molecule has 0 bridgehead atoms. The molecular formula is C15H19N3OS. The average molecular weight is 289 g/mol. The lowest BCUT2D eigenvalue weighted by Crippen LogP contribution is -2.29. The summed E-state index contributed by atoms with van der Waals surface area (Å²) in [5, 5.41) is 7.15. The number of hydrogen-bond donors (Lipinski definition) is 1. The van der Waals surface area contributed by atoms with Gasteiger partial charge < -0.3 is 4.90 Å². The zero-order valence-electron chi connectivity index (χ0n) is 11.8. The average Bonchev–Trinajstić information content (AvgIpc) is 3.10. The normalized spacial score (nSPS) is 18.7. The molecule has 3 rings (SSSR count). The first-order valence-electron chi connectivity index (χ1n) is 6.96. The highest BCUT2D eigenvalue weighted by Gasteiger charge is 2.29. The summed E-state index contributed by atoms with van der Waals surface area (Å²) in [6.07, 6.45) is 3.42. The number of amides is 1. The van der Waals surface area contributed by atoms with Crippen molar-refractivity contribution in [3.8, 4) is 0 Å². The number of thiophene rings is 1. The predicted molar refractivity (Wildman–Crippen MR) is 80.0 cm³/mol. The summed E-state index contributed by atoms with van der Waals surface area (Å²) in [6.45, 7) is 5.81. The fraction of sp³-hybridized carbons (Fsp3) is 0.467. The lowest BCUT2D eigenvalue weighted by Gasteiger charge is -2.16. The van der Waals surface area contributed by atoms with Crippen molar-refractivity contribution in [3.63, 3.8) is 0 Å². The van der Waals surface area contributed by atoms with Gasteiger partial charge in [0.2, 0.25) is 5.91 Å². The zero-order chi connectivity index (χ0) is 14.1. The third-order valence-corrected chi connectivity index (χ3v) is 4.94. The highest BCUT2D eigenvalue weighted by molar-refractivity contribution is 7.12. The van der Waals surface area contributed by atoms with Crippen molar-refractivity contribution in [2.45, 2.75) is 32.6 Å².